The van der Waals surface area contributed by atoms with Crippen molar-refractivity contribution < 1.29 is 4.57 Å². The van der Waals surface area contributed by atoms with Gasteiger partial charge < -0.3 is 0 Å². The lowest BCUT2D eigenvalue weighted by Crippen LogP contribution is -2.44. The van der Waals surface area contributed by atoms with Crippen molar-refractivity contribution >= 4 is 49.2 Å². The molecule has 2 aliphatic rings. The highest BCUT2D eigenvalue weighted by molar-refractivity contribution is 9.09. The molecular weight excluding hydrogens is 356 g/mol. The van der Waals surface area contributed by atoms with Gasteiger partial charge in [-0.1, -0.05) is 27.3 Å². The second-order valence-electron chi connectivity index (χ2n) is 5.53. The lowest BCUT2D eigenvalue weighted by Gasteiger charge is -2.09. The van der Waals surface area contributed by atoms with E-state index in [0.717, 1.165) is 34.5 Å². The van der Waals surface area contributed by atoms with Gasteiger partial charge >= 0.3 is 10.7 Å². The first kappa shape index (κ1) is 13.3. The molecular formula is C14H16BrN2OS2+. The third-order valence-electron chi connectivity index (χ3n) is 4.33. The molecule has 1 atom stereocenters. The fourth-order valence-electron chi connectivity index (χ4n) is 3.29. The summed E-state index contributed by atoms with van der Waals surface area (Å²) in [6.07, 6.45) is 4.72. The number of hydrogen-bond donors (Lipinski definition) is 0. The van der Waals surface area contributed by atoms with E-state index in [1.165, 1.54) is 28.1 Å². The third kappa shape index (κ3) is 1.70. The predicted octanol–water partition coefficient (Wildman–Crippen LogP) is 2.81. The topological polar surface area (TPSA) is 25.9 Å². The van der Waals surface area contributed by atoms with E-state index in [-0.39, 0.29) is 5.56 Å². The zero-order valence-corrected chi connectivity index (χ0v) is 14.5. The summed E-state index contributed by atoms with van der Waals surface area (Å²) in [6, 6.07) is 0.462. The molecule has 2 aromatic rings. The zero-order valence-electron chi connectivity index (χ0n) is 11.3. The fourth-order valence-corrected chi connectivity index (χ4v) is 6.89. The van der Waals surface area contributed by atoms with Crippen LogP contribution in [0.15, 0.2) is 9.95 Å². The maximum Gasteiger partial charge on any atom is 0.346 e. The standard InChI is InChI=1S/C14H16BrN2OS2/c1-16-12(18)11-9-4-2-3-5-10(9)20-13(11)17-8(6-15)7-19-14(16)17/h8H,2-7H2,1H3/q+1/t8-/m0/s1. The van der Waals surface area contributed by atoms with Crippen LogP contribution in [0, 0.1) is 0 Å². The van der Waals surface area contributed by atoms with Crippen molar-refractivity contribution in [2.24, 2.45) is 7.05 Å². The van der Waals surface area contributed by atoms with Crippen LogP contribution in [-0.2, 0) is 19.9 Å². The highest BCUT2D eigenvalue weighted by atomic mass is 79.9. The molecule has 0 aromatic carbocycles. The maximum absolute atomic E-state index is 12.7. The van der Waals surface area contributed by atoms with Crippen LogP contribution >= 0.6 is 39.0 Å². The number of thioether (sulfide) groups is 1. The number of rotatable bonds is 1. The number of aryl methyl sites for hydroxylation is 2. The van der Waals surface area contributed by atoms with Crippen molar-refractivity contribution in [2.45, 2.75) is 36.9 Å². The van der Waals surface area contributed by atoms with Gasteiger partial charge in [-0.2, -0.15) is 4.57 Å². The summed E-state index contributed by atoms with van der Waals surface area (Å²) in [5.41, 5.74) is 1.55. The number of fused-ring (bicyclic) bond motifs is 5. The van der Waals surface area contributed by atoms with Gasteiger partial charge in [0.25, 0.3) is 0 Å². The Morgan fingerprint density at radius 1 is 1.40 bits per heavy atom. The van der Waals surface area contributed by atoms with E-state index in [0.29, 0.717) is 6.04 Å². The molecule has 106 valence electrons. The lowest BCUT2D eigenvalue weighted by molar-refractivity contribution is -0.722. The van der Waals surface area contributed by atoms with Gasteiger partial charge in [0.15, 0.2) is 4.83 Å². The molecule has 0 bridgehead atoms. The lowest BCUT2D eigenvalue weighted by atomic mass is 9.97. The highest BCUT2D eigenvalue weighted by Gasteiger charge is 2.36. The quantitative estimate of drug-likeness (QED) is 0.437. The smallest absolute Gasteiger partial charge is 0.241 e. The Morgan fingerprint density at radius 2 is 2.20 bits per heavy atom. The van der Waals surface area contributed by atoms with Crippen molar-refractivity contribution in [2.75, 3.05) is 11.1 Å². The highest BCUT2D eigenvalue weighted by Crippen LogP contribution is 2.36. The van der Waals surface area contributed by atoms with E-state index in [1.807, 2.05) is 23.0 Å². The van der Waals surface area contributed by atoms with Gasteiger partial charge in [0, 0.05) is 16.0 Å². The molecule has 4 rings (SSSR count). The van der Waals surface area contributed by atoms with Crippen molar-refractivity contribution in [3.63, 3.8) is 0 Å². The number of aromatic nitrogens is 2. The third-order valence-corrected chi connectivity index (χ3v) is 7.65. The average molecular weight is 372 g/mol. The van der Waals surface area contributed by atoms with Crippen LogP contribution < -0.4 is 10.1 Å². The minimum Gasteiger partial charge on any atom is -0.241 e. The molecule has 0 amide bonds. The summed E-state index contributed by atoms with van der Waals surface area (Å²) >= 11 is 7.30. The van der Waals surface area contributed by atoms with E-state index >= 15 is 0 Å². The molecule has 3 nitrogen and oxygen atoms in total. The van der Waals surface area contributed by atoms with E-state index in [4.69, 9.17) is 0 Å². The van der Waals surface area contributed by atoms with Crippen LogP contribution in [0.5, 0.6) is 0 Å². The molecule has 0 fully saturated rings. The molecule has 0 unspecified atom stereocenters. The van der Waals surface area contributed by atoms with E-state index in [1.54, 1.807) is 11.8 Å². The van der Waals surface area contributed by atoms with Crippen LogP contribution in [0.25, 0.3) is 10.2 Å². The Kier molecular flexibility index (Phi) is 3.23. The van der Waals surface area contributed by atoms with Crippen LogP contribution in [-0.4, -0.2) is 15.7 Å². The summed E-state index contributed by atoms with van der Waals surface area (Å²) in [4.78, 5) is 15.4. The number of hydrogen-bond acceptors (Lipinski definition) is 3. The molecule has 20 heavy (non-hydrogen) atoms. The van der Waals surface area contributed by atoms with Crippen molar-refractivity contribution in [1.82, 2.24) is 4.57 Å². The molecule has 0 spiro atoms. The molecule has 1 aliphatic heterocycles. The zero-order chi connectivity index (χ0) is 13.9. The Hall–Kier alpha value is -0.330. The van der Waals surface area contributed by atoms with Crippen molar-refractivity contribution in [1.29, 1.82) is 0 Å². The maximum atomic E-state index is 12.7. The Balaban J connectivity index is 2.13. The van der Waals surface area contributed by atoms with E-state index < -0.39 is 0 Å². The first-order chi connectivity index (χ1) is 9.72. The molecule has 0 radical (unpaired) electrons. The minimum absolute atomic E-state index is 0.202. The van der Waals surface area contributed by atoms with Crippen LogP contribution in [0.2, 0.25) is 0 Å². The molecule has 2 aromatic heterocycles. The molecule has 0 saturated carbocycles. The molecule has 1 aliphatic carbocycles. The molecule has 0 saturated heterocycles. The van der Waals surface area contributed by atoms with Gasteiger partial charge in [-0.3, -0.25) is 0 Å². The largest absolute Gasteiger partial charge is 0.346 e. The van der Waals surface area contributed by atoms with Gasteiger partial charge in [-0.15, -0.1) is 0 Å². The minimum atomic E-state index is 0.202. The van der Waals surface area contributed by atoms with E-state index in [2.05, 4.69) is 20.5 Å². The summed E-state index contributed by atoms with van der Waals surface area (Å²) in [5, 5.41) is 3.07. The Bertz CT molecular complexity index is 765. The van der Waals surface area contributed by atoms with Gasteiger partial charge in [0.2, 0.25) is 0 Å². The van der Waals surface area contributed by atoms with Gasteiger partial charge in [0.05, 0.1) is 7.05 Å². The average Bonchev–Trinajstić information content (AvgIpc) is 3.05. The molecule has 0 N–H and O–H groups in total. The SMILES string of the molecule is Cn1c2[n+](c3sc4c(c3c1=O)CCCC4)[C@@H](CBr)CS2. The summed E-state index contributed by atoms with van der Waals surface area (Å²) in [7, 11) is 1.92. The monoisotopic (exact) mass is 371 g/mol. The Labute approximate surface area is 134 Å². The second kappa shape index (κ2) is 4.85. The van der Waals surface area contributed by atoms with E-state index in [9.17, 15) is 4.79 Å². The van der Waals surface area contributed by atoms with Crippen LogP contribution in [0.1, 0.15) is 29.3 Å². The van der Waals surface area contributed by atoms with Gasteiger partial charge in [-0.25, -0.2) is 9.36 Å². The van der Waals surface area contributed by atoms with Crippen LogP contribution in [0.4, 0.5) is 0 Å². The van der Waals surface area contributed by atoms with Crippen molar-refractivity contribution in [3.05, 3.63) is 20.8 Å². The summed E-state index contributed by atoms with van der Waals surface area (Å²) in [6.45, 7) is 0. The molecule has 3 heterocycles. The number of thiophene rings is 1. The van der Waals surface area contributed by atoms with Gasteiger partial charge in [-0.05, 0) is 43.0 Å². The first-order valence-corrected chi connectivity index (χ1v) is 9.92. The first-order valence-electron chi connectivity index (χ1n) is 7.00. The normalized spacial score (nSPS) is 21.2. The van der Waals surface area contributed by atoms with Crippen LogP contribution in [0.3, 0.4) is 0 Å². The second-order valence-corrected chi connectivity index (χ2v) is 8.25. The van der Waals surface area contributed by atoms with Gasteiger partial charge in [0.1, 0.15) is 11.4 Å². The molecule has 6 heteroatoms. The predicted molar refractivity (Wildman–Crippen MR) is 87.5 cm³/mol. The van der Waals surface area contributed by atoms with Crippen molar-refractivity contribution in [3.8, 4) is 0 Å². The summed E-state index contributed by atoms with van der Waals surface area (Å²) < 4.78 is 4.26. The Morgan fingerprint density at radius 3 is 3.00 bits per heavy atom. The summed E-state index contributed by atoms with van der Waals surface area (Å²) in [5.74, 6) is 1.06. The fraction of sp³-hybridized carbons (Fsp3) is 0.571. The number of nitrogens with zero attached hydrogens (tertiary/aromatic N) is 2. The number of halogens is 1. The number of alkyl halides is 1.